The maximum absolute atomic E-state index is 13.2. The Bertz CT molecular complexity index is 322. The molecule has 1 aromatic heterocycles. The van der Waals surface area contributed by atoms with E-state index < -0.39 is 5.82 Å². The van der Waals surface area contributed by atoms with Crippen molar-refractivity contribution in [1.82, 2.24) is 9.97 Å². The van der Waals surface area contributed by atoms with Gasteiger partial charge in [0.25, 0.3) is 0 Å². The molecule has 1 aromatic rings. The van der Waals surface area contributed by atoms with Crippen molar-refractivity contribution >= 4 is 11.8 Å². The average Bonchev–Trinajstić information content (AvgIpc) is 2.31. The standard InChI is InChI=1S/C10H17FN4O/c1-3-16-6-4-5-13-9-8(11)7-14-10(12-2)15-9/h7H,3-6H2,1-2H3,(H2,12,13,14,15). The van der Waals surface area contributed by atoms with Crippen LogP contribution in [0.1, 0.15) is 13.3 Å². The van der Waals surface area contributed by atoms with E-state index in [1.54, 1.807) is 7.05 Å². The van der Waals surface area contributed by atoms with Crippen molar-refractivity contribution in [2.45, 2.75) is 13.3 Å². The van der Waals surface area contributed by atoms with Crippen LogP contribution in [0.3, 0.4) is 0 Å². The molecule has 0 saturated carbocycles. The topological polar surface area (TPSA) is 59.1 Å². The van der Waals surface area contributed by atoms with Gasteiger partial charge >= 0.3 is 0 Å². The van der Waals surface area contributed by atoms with Gasteiger partial charge in [-0.05, 0) is 13.3 Å². The summed E-state index contributed by atoms with van der Waals surface area (Å²) in [5.74, 6) is 0.167. The summed E-state index contributed by atoms with van der Waals surface area (Å²) < 4.78 is 18.4. The van der Waals surface area contributed by atoms with Crippen LogP contribution >= 0.6 is 0 Å². The molecule has 16 heavy (non-hydrogen) atoms. The molecule has 0 bridgehead atoms. The zero-order valence-corrected chi connectivity index (χ0v) is 9.59. The lowest BCUT2D eigenvalue weighted by Gasteiger charge is -2.07. The molecule has 5 nitrogen and oxygen atoms in total. The summed E-state index contributed by atoms with van der Waals surface area (Å²) in [4.78, 5) is 7.71. The van der Waals surface area contributed by atoms with Crippen LogP contribution in [0.5, 0.6) is 0 Å². The highest BCUT2D eigenvalue weighted by Gasteiger charge is 2.04. The lowest BCUT2D eigenvalue weighted by Crippen LogP contribution is -2.10. The second-order valence-electron chi connectivity index (χ2n) is 3.12. The number of rotatable bonds is 7. The molecule has 6 heteroatoms. The van der Waals surface area contributed by atoms with Gasteiger partial charge in [0.05, 0.1) is 6.20 Å². The van der Waals surface area contributed by atoms with E-state index >= 15 is 0 Å². The van der Waals surface area contributed by atoms with Gasteiger partial charge in [0.1, 0.15) is 0 Å². The minimum absolute atomic E-state index is 0.218. The third kappa shape index (κ3) is 3.98. The van der Waals surface area contributed by atoms with E-state index in [2.05, 4.69) is 20.6 Å². The largest absolute Gasteiger partial charge is 0.382 e. The van der Waals surface area contributed by atoms with E-state index in [1.165, 1.54) is 0 Å². The van der Waals surface area contributed by atoms with Crippen LogP contribution < -0.4 is 10.6 Å². The molecule has 0 saturated heterocycles. The van der Waals surface area contributed by atoms with Crippen molar-refractivity contribution in [2.75, 3.05) is 37.4 Å². The number of nitrogens with zero attached hydrogens (tertiary/aromatic N) is 2. The van der Waals surface area contributed by atoms with Crippen LogP contribution in [0.4, 0.5) is 16.2 Å². The van der Waals surface area contributed by atoms with Crippen molar-refractivity contribution in [3.63, 3.8) is 0 Å². The third-order valence-corrected chi connectivity index (χ3v) is 1.93. The van der Waals surface area contributed by atoms with Crippen molar-refractivity contribution in [2.24, 2.45) is 0 Å². The number of anilines is 2. The molecular formula is C10H17FN4O. The quantitative estimate of drug-likeness (QED) is 0.692. The Kier molecular flexibility index (Phi) is 5.49. The Morgan fingerprint density at radius 2 is 2.31 bits per heavy atom. The van der Waals surface area contributed by atoms with Crippen molar-refractivity contribution in [1.29, 1.82) is 0 Å². The fourth-order valence-corrected chi connectivity index (χ4v) is 1.14. The highest BCUT2D eigenvalue weighted by atomic mass is 19.1. The minimum Gasteiger partial charge on any atom is -0.382 e. The van der Waals surface area contributed by atoms with Gasteiger partial charge in [-0.2, -0.15) is 4.98 Å². The van der Waals surface area contributed by atoms with Crippen LogP contribution in [0.2, 0.25) is 0 Å². The number of nitrogens with one attached hydrogen (secondary N) is 2. The third-order valence-electron chi connectivity index (χ3n) is 1.93. The summed E-state index contributed by atoms with van der Waals surface area (Å²) in [5.41, 5.74) is 0. The number of aromatic nitrogens is 2. The zero-order valence-electron chi connectivity index (χ0n) is 9.59. The predicted octanol–water partition coefficient (Wildman–Crippen LogP) is 1.50. The lowest BCUT2D eigenvalue weighted by atomic mass is 10.4. The zero-order chi connectivity index (χ0) is 11.8. The molecular weight excluding hydrogens is 211 g/mol. The summed E-state index contributed by atoms with van der Waals surface area (Å²) in [5, 5.41) is 5.65. The van der Waals surface area contributed by atoms with E-state index in [0.717, 1.165) is 12.6 Å². The van der Waals surface area contributed by atoms with Gasteiger partial charge in [0, 0.05) is 26.8 Å². The Balaban J connectivity index is 2.40. The SMILES string of the molecule is CCOCCCNc1nc(NC)ncc1F. The van der Waals surface area contributed by atoms with Gasteiger partial charge in [-0.15, -0.1) is 0 Å². The molecule has 0 aromatic carbocycles. The minimum atomic E-state index is -0.449. The molecule has 0 radical (unpaired) electrons. The van der Waals surface area contributed by atoms with Crippen LogP contribution in [0, 0.1) is 5.82 Å². The van der Waals surface area contributed by atoms with E-state index in [9.17, 15) is 4.39 Å². The molecule has 0 aliphatic carbocycles. The van der Waals surface area contributed by atoms with Crippen molar-refractivity contribution in [3.05, 3.63) is 12.0 Å². The average molecular weight is 228 g/mol. The van der Waals surface area contributed by atoms with E-state index in [4.69, 9.17) is 4.74 Å². The first-order valence-electron chi connectivity index (χ1n) is 5.29. The van der Waals surface area contributed by atoms with Gasteiger partial charge < -0.3 is 15.4 Å². The highest BCUT2D eigenvalue weighted by Crippen LogP contribution is 2.11. The smallest absolute Gasteiger partial charge is 0.224 e. The Labute approximate surface area is 94.4 Å². The summed E-state index contributed by atoms with van der Waals surface area (Å²) in [6.07, 6.45) is 1.95. The highest BCUT2D eigenvalue weighted by molar-refractivity contribution is 5.40. The first kappa shape index (κ1) is 12.6. The van der Waals surface area contributed by atoms with Crippen molar-refractivity contribution < 1.29 is 9.13 Å². The summed E-state index contributed by atoms with van der Waals surface area (Å²) in [6.45, 7) is 3.93. The van der Waals surface area contributed by atoms with E-state index in [1.807, 2.05) is 6.92 Å². The molecule has 0 aliphatic rings. The van der Waals surface area contributed by atoms with Crippen molar-refractivity contribution in [3.8, 4) is 0 Å². The Morgan fingerprint density at radius 1 is 1.50 bits per heavy atom. The lowest BCUT2D eigenvalue weighted by molar-refractivity contribution is 0.147. The maximum Gasteiger partial charge on any atom is 0.224 e. The Hall–Kier alpha value is -1.43. The van der Waals surface area contributed by atoms with E-state index in [0.29, 0.717) is 25.7 Å². The van der Waals surface area contributed by atoms with Crippen LogP contribution in [-0.4, -0.2) is 36.8 Å². The second kappa shape index (κ2) is 6.95. The van der Waals surface area contributed by atoms with Gasteiger partial charge in [0.2, 0.25) is 5.95 Å². The number of ether oxygens (including phenoxy) is 1. The molecule has 1 heterocycles. The molecule has 0 fully saturated rings. The predicted molar refractivity (Wildman–Crippen MR) is 61.1 cm³/mol. The van der Waals surface area contributed by atoms with Gasteiger partial charge in [-0.3, -0.25) is 0 Å². The summed E-state index contributed by atoms with van der Waals surface area (Å²) >= 11 is 0. The molecule has 0 unspecified atom stereocenters. The molecule has 90 valence electrons. The first-order chi connectivity index (χ1) is 7.77. The van der Waals surface area contributed by atoms with Crippen LogP contribution in [-0.2, 0) is 4.74 Å². The van der Waals surface area contributed by atoms with Gasteiger partial charge in [-0.25, -0.2) is 9.37 Å². The summed E-state index contributed by atoms with van der Waals surface area (Å²) in [7, 11) is 1.69. The normalized spacial score (nSPS) is 10.2. The van der Waals surface area contributed by atoms with E-state index in [-0.39, 0.29) is 5.82 Å². The molecule has 0 aliphatic heterocycles. The number of hydrogen-bond acceptors (Lipinski definition) is 5. The second-order valence-corrected chi connectivity index (χ2v) is 3.12. The molecule has 0 atom stereocenters. The van der Waals surface area contributed by atoms with Crippen LogP contribution in [0.25, 0.3) is 0 Å². The van der Waals surface area contributed by atoms with Gasteiger partial charge in [-0.1, -0.05) is 0 Å². The monoisotopic (exact) mass is 228 g/mol. The number of hydrogen-bond donors (Lipinski definition) is 2. The fraction of sp³-hybridized carbons (Fsp3) is 0.600. The summed E-state index contributed by atoms with van der Waals surface area (Å²) in [6, 6.07) is 0. The molecule has 0 spiro atoms. The maximum atomic E-state index is 13.2. The molecule has 2 N–H and O–H groups in total. The number of halogens is 1. The Morgan fingerprint density at radius 3 is 3.00 bits per heavy atom. The van der Waals surface area contributed by atoms with Crippen LogP contribution in [0.15, 0.2) is 6.20 Å². The fourth-order valence-electron chi connectivity index (χ4n) is 1.14. The molecule has 1 rings (SSSR count). The van der Waals surface area contributed by atoms with Gasteiger partial charge in [0.15, 0.2) is 11.6 Å². The first-order valence-corrected chi connectivity index (χ1v) is 5.29. The molecule has 0 amide bonds.